The van der Waals surface area contributed by atoms with Crippen molar-refractivity contribution in [3.63, 3.8) is 0 Å². The summed E-state index contributed by atoms with van der Waals surface area (Å²) >= 11 is 0. The highest BCUT2D eigenvalue weighted by atomic mass is 16.4. The molecule has 0 spiro atoms. The van der Waals surface area contributed by atoms with Crippen molar-refractivity contribution in [2.24, 2.45) is 10.7 Å². The van der Waals surface area contributed by atoms with E-state index < -0.39 is 17.9 Å². The molecule has 1 aliphatic heterocycles. The molecule has 0 saturated carbocycles. The van der Waals surface area contributed by atoms with E-state index in [1.165, 1.54) is 4.90 Å². The molecule has 0 unspecified atom stereocenters. The van der Waals surface area contributed by atoms with Crippen LogP contribution in [0.1, 0.15) is 0 Å². The second kappa shape index (κ2) is 7.65. The van der Waals surface area contributed by atoms with Crippen molar-refractivity contribution >= 4 is 23.9 Å². The van der Waals surface area contributed by atoms with Gasteiger partial charge in [0, 0.05) is 18.7 Å². The van der Waals surface area contributed by atoms with Gasteiger partial charge in [-0.15, -0.1) is 0 Å². The van der Waals surface area contributed by atoms with Gasteiger partial charge in [-0.3, -0.25) is 9.79 Å². The van der Waals surface area contributed by atoms with Crippen molar-refractivity contribution in [3.8, 4) is 0 Å². The summed E-state index contributed by atoms with van der Waals surface area (Å²) in [6.45, 7) is 1.19. The topological polar surface area (TPSA) is 154 Å². The van der Waals surface area contributed by atoms with E-state index in [1.54, 1.807) is 0 Å². The Labute approximate surface area is 102 Å². The third-order valence-electron chi connectivity index (χ3n) is 1.66. The normalized spacial score (nSPS) is 13.8. The van der Waals surface area contributed by atoms with Crippen LogP contribution in [0.5, 0.6) is 0 Å². The van der Waals surface area contributed by atoms with E-state index in [-0.39, 0.29) is 6.54 Å². The zero-order valence-corrected chi connectivity index (χ0v) is 9.31. The van der Waals surface area contributed by atoms with Gasteiger partial charge in [0.2, 0.25) is 0 Å². The van der Waals surface area contributed by atoms with Crippen LogP contribution in [-0.2, 0) is 14.4 Å². The number of carboxylic acids is 3. The Bertz CT molecular complexity index is 374. The maximum absolute atomic E-state index is 10.1. The summed E-state index contributed by atoms with van der Waals surface area (Å²) in [5.41, 5.74) is 5.34. The zero-order chi connectivity index (χ0) is 14.1. The van der Waals surface area contributed by atoms with Crippen LogP contribution in [0.2, 0.25) is 0 Å². The molecule has 0 aromatic carbocycles. The van der Waals surface area contributed by atoms with Gasteiger partial charge in [0.25, 0.3) is 0 Å². The fourth-order valence-corrected chi connectivity index (χ4v) is 0.966. The quantitative estimate of drug-likeness (QED) is 0.441. The Morgan fingerprint density at radius 3 is 2.00 bits per heavy atom. The van der Waals surface area contributed by atoms with Crippen molar-refractivity contribution in [2.75, 3.05) is 19.6 Å². The molecule has 0 atom stereocenters. The van der Waals surface area contributed by atoms with E-state index >= 15 is 0 Å². The van der Waals surface area contributed by atoms with E-state index in [0.717, 1.165) is 0 Å². The minimum atomic E-state index is -1.26. The number of nitrogens with two attached hydrogens (primary N) is 1. The Kier molecular flexibility index (Phi) is 6.56. The van der Waals surface area contributed by atoms with Gasteiger partial charge in [0.1, 0.15) is 6.54 Å². The Morgan fingerprint density at radius 1 is 1.22 bits per heavy atom. The molecular weight excluding hydrogens is 246 g/mol. The van der Waals surface area contributed by atoms with Crippen molar-refractivity contribution in [1.29, 1.82) is 0 Å². The Balaban J connectivity index is 0.000000331. The van der Waals surface area contributed by atoms with Crippen molar-refractivity contribution < 1.29 is 29.7 Å². The third-order valence-corrected chi connectivity index (χ3v) is 1.66. The highest BCUT2D eigenvalue weighted by Gasteiger charge is 2.15. The highest BCUT2D eigenvalue weighted by molar-refractivity contribution is 5.89. The lowest BCUT2D eigenvalue weighted by atomic mass is 10.5. The molecule has 5 N–H and O–H groups in total. The molecule has 0 aromatic heterocycles. The van der Waals surface area contributed by atoms with Crippen LogP contribution in [0.25, 0.3) is 0 Å². The largest absolute Gasteiger partial charge is 0.480 e. The molecule has 9 heteroatoms. The monoisotopic (exact) mass is 259 g/mol. The fraction of sp³-hybridized carbons (Fsp3) is 0.333. The third kappa shape index (κ3) is 7.68. The van der Waals surface area contributed by atoms with Crippen LogP contribution in [0, 0.1) is 0 Å². The van der Waals surface area contributed by atoms with Gasteiger partial charge in [-0.05, 0) is 0 Å². The van der Waals surface area contributed by atoms with Crippen molar-refractivity contribution in [2.45, 2.75) is 0 Å². The average Bonchev–Trinajstić information content (AvgIpc) is 2.62. The standard InChI is InChI=1S/C5H9N3O2.C4H4O4/c6-5-7-1-2-8(5)3-4(9)10;5-3(6)1-2-4(7)8/h1-3H2,(H2,6,7)(H,9,10);1-2H,(H,5,6)(H,7,8)/b;2-1-. The number of hydrogen-bond donors (Lipinski definition) is 4. The summed E-state index contributed by atoms with van der Waals surface area (Å²) in [6, 6.07) is 0. The average molecular weight is 259 g/mol. The molecule has 0 aromatic rings. The van der Waals surface area contributed by atoms with E-state index in [9.17, 15) is 14.4 Å². The number of guanidine groups is 1. The predicted octanol–water partition coefficient (Wildman–Crippen LogP) is -1.59. The minimum absolute atomic E-state index is 0.0463. The molecule has 1 heterocycles. The summed E-state index contributed by atoms with van der Waals surface area (Å²) < 4.78 is 0. The van der Waals surface area contributed by atoms with Crippen LogP contribution >= 0.6 is 0 Å². The summed E-state index contributed by atoms with van der Waals surface area (Å²) in [5, 5.41) is 24.0. The fourth-order valence-electron chi connectivity index (χ4n) is 0.966. The molecule has 100 valence electrons. The van der Waals surface area contributed by atoms with Crippen LogP contribution in [-0.4, -0.2) is 63.7 Å². The number of nitrogens with zero attached hydrogens (tertiary/aromatic N) is 2. The zero-order valence-electron chi connectivity index (χ0n) is 9.31. The summed E-state index contributed by atoms with van der Waals surface area (Å²) in [6.07, 6.45) is 1.12. The highest BCUT2D eigenvalue weighted by Crippen LogP contribution is 1.95. The lowest BCUT2D eigenvalue weighted by Crippen LogP contribution is -2.37. The number of aliphatic carboxylic acids is 3. The van der Waals surface area contributed by atoms with E-state index in [4.69, 9.17) is 21.1 Å². The second-order valence-corrected chi connectivity index (χ2v) is 3.07. The van der Waals surface area contributed by atoms with Gasteiger partial charge in [-0.1, -0.05) is 0 Å². The number of aliphatic imine (C=N–C) groups is 1. The maximum Gasteiger partial charge on any atom is 0.328 e. The number of carbonyl (C=O) groups is 3. The van der Waals surface area contributed by atoms with Crippen LogP contribution < -0.4 is 5.73 Å². The molecule has 1 rings (SSSR count). The second-order valence-electron chi connectivity index (χ2n) is 3.07. The van der Waals surface area contributed by atoms with E-state index in [2.05, 4.69) is 4.99 Å². The first-order chi connectivity index (χ1) is 8.32. The summed E-state index contributed by atoms with van der Waals surface area (Å²) in [7, 11) is 0. The number of carboxylic acid groups (broad SMARTS) is 3. The first-order valence-electron chi connectivity index (χ1n) is 4.73. The SMILES string of the molecule is NC1=NCCN1CC(=O)O.O=C(O)/C=C\C(=O)O. The minimum Gasteiger partial charge on any atom is -0.480 e. The summed E-state index contributed by atoms with van der Waals surface area (Å²) in [5.74, 6) is -3.05. The van der Waals surface area contributed by atoms with Gasteiger partial charge in [0.15, 0.2) is 5.96 Å². The molecular formula is C9H13N3O6. The molecule has 0 aliphatic carbocycles. The van der Waals surface area contributed by atoms with E-state index in [0.29, 0.717) is 31.2 Å². The van der Waals surface area contributed by atoms with Gasteiger partial charge in [0.05, 0.1) is 6.54 Å². The van der Waals surface area contributed by atoms with Gasteiger partial charge in [-0.25, -0.2) is 9.59 Å². The van der Waals surface area contributed by atoms with E-state index in [1.807, 2.05) is 0 Å². The van der Waals surface area contributed by atoms with Gasteiger partial charge in [-0.2, -0.15) is 0 Å². The maximum atomic E-state index is 10.1. The predicted molar refractivity (Wildman–Crippen MR) is 60.1 cm³/mol. The first kappa shape index (κ1) is 15.4. The number of rotatable bonds is 4. The molecule has 1 aliphatic rings. The Morgan fingerprint density at radius 2 is 1.72 bits per heavy atom. The lowest BCUT2D eigenvalue weighted by Gasteiger charge is -2.13. The van der Waals surface area contributed by atoms with Crippen LogP contribution in [0.3, 0.4) is 0 Å². The van der Waals surface area contributed by atoms with Crippen molar-refractivity contribution in [3.05, 3.63) is 12.2 Å². The first-order valence-corrected chi connectivity index (χ1v) is 4.73. The molecule has 9 nitrogen and oxygen atoms in total. The molecule has 18 heavy (non-hydrogen) atoms. The number of hydrogen-bond acceptors (Lipinski definition) is 6. The molecule has 0 radical (unpaired) electrons. The molecule has 0 amide bonds. The Hall–Kier alpha value is -2.58. The smallest absolute Gasteiger partial charge is 0.328 e. The van der Waals surface area contributed by atoms with Crippen LogP contribution in [0.15, 0.2) is 17.1 Å². The molecule has 0 saturated heterocycles. The molecule has 0 bridgehead atoms. The molecule has 0 fully saturated rings. The van der Waals surface area contributed by atoms with Gasteiger partial charge < -0.3 is 26.0 Å². The summed E-state index contributed by atoms with van der Waals surface area (Å²) in [4.78, 5) is 34.6. The van der Waals surface area contributed by atoms with Crippen LogP contribution in [0.4, 0.5) is 0 Å². The lowest BCUT2D eigenvalue weighted by molar-refractivity contribution is -0.137. The van der Waals surface area contributed by atoms with Gasteiger partial charge >= 0.3 is 17.9 Å². The van der Waals surface area contributed by atoms with Crippen molar-refractivity contribution in [1.82, 2.24) is 4.90 Å².